The van der Waals surface area contributed by atoms with Crippen LogP contribution in [0.15, 0.2) is 0 Å². The SMILES string of the molecule is CCC(OP)[C@@H](N)CC.[3HH]. The van der Waals surface area contributed by atoms with Crippen LogP contribution in [0, 0.1) is 0 Å². The highest BCUT2D eigenvalue weighted by Crippen LogP contribution is 2.08. The average molecular weight is 153 g/mol. The van der Waals surface area contributed by atoms with Crippen LogP contribution in [0.3, 0.4) is 0 Å². The fourth-order valence-corrected chi connectivity index (χ4v) is 1.16. The van der Waals surface area contributed by atoms with E-state index in [1.165, 1.54) is 0 Å². The Bertz CT molecular complexity index is 70.8. The molecule has 0 heterocycles. The van der Waals surface area contributed by atoms with E-state index in [0.717, 1.165) is 12.8 Å². The summed E-state index contributed by atoms with van der Waals surface area (Å²) in [5, 5.41) is 0. The first kappa shape index (κ1) is 9.35. The molecule has 0 fully saturated rings. The van der Waals surface area contributed by atoms with Gasteiger partial charge in [-0.3, -0.25) is 0 Å². The van der Waals surface area contributed by atoms with Gasteiger partial charge >= 0.3 is 0 Å². The Balaban J connectivity index is 0. The van der Waals surface area contributed by atoms with Gasteiger partial charge in [0.25, 0.3) is 0 Å². The molecule has 2 N–H and O–H groups in total. The number of hydrogen-bond acceptors (Lipinski definition) is 2. The predicted octanol–water partition coefficient (Wildman–Crippen LogP) is 1.56. The lowest BCUT2D eigenvalue weighted by Crippen LogP contribution is -2.33. The van der Waals surface area contributed by atoms with Crippen molar-refractivity contribution in [3.63, 3.8) is 0 Å². The second kappa shape index (κ2) is 5.16. The van der Waals surface area contributed by atoms with Crippen LogP contribution >= 0.6 is 9.47 Å². The molecule has 0 radical (unpaired) electrons. The van der Waals surface area contributed by atoms with E-state index >= 15 is 0 Å². The molecule has 0 aromatic heterocycles. The summed E-state index contributed by atoms with van der Waals surface area (Å²) in [5.74, 6) is 0. The second-order valence-corrected chi connectivity index (χ2v) is 2.43. The van der Waals surface area contributed by atoms with Gasteiger partial charge < -0.3 is 10.3 Å². The minimum Gasteiger partial charge on any atom is -0.361 e. The molecule has 58 valence electrons. The molecule has 0 aliphatic rings. The van der Waals surface area contributed by atoms with Crippen LogP contribution in [0.2, 0.25) is 0 Å². The Morgan fingerprint density at radius 2 is 2.11 bits per heavy atom. The van der Waals surface area contributed by atoms with E-state index in [9.17, 15) is 0 Å². The highest BCUT2D eigenvalue weighted by atomic mass is 31.0. The Labute approximate surface area is 60.9 Å². The number of hydrogen-bond donors (Lipinski definition) is 1. The summed E-state index contributed by atoms with van der Waals surface area (Å²) in [4.78, 5) is 0. The summed E-state index contributed by atoms with van der Waals surface area (Å²) in [6.07, 6.45) is 2.17. The minimum absolute atomic E-state index is 0. The van der Waals surface area contributed by atoms with E-state index in [0.29, 0.717) is 0 Å². The molecule has 3 heteroatoms. The predicted molar refractivity (Wildman–Crippen MR) is 45.3 cm³/mol. The van der Waals surface area contributed by atoms with E-state index in [-0.39, 0.29) is 13.6 Å². The van der Waals surface area contributed by atoms with Crippen LogP contribution in [-0.2, 0) is 4.52 Å². The topological polar surface area (TPSA) is 35.2 Å². The van der Waals surface area contributed by atoms with Crippen molar-refractivity contribution in [1.82, 2.24) is 0 Å². The van der Waals surface area contributed by atoms with Gasteiger partial charge in [-0.1, -0.05) is 13.8 Å². The third-order valence-electron chi connectivity index (χ3n) is 1.53. The zero-order valence-electron chi connectivity index (χ0n) is 6.13. The monoisotopic (exact) mass is 153 g/mol. The van der Waals surface area contributed by atoms with Crippen molar-refractivity contribution in [1.29, 1.82) is 0 Å². The van der Waals surface area contributed by atoms with Crippen LogP contribution in [0.1, 0.15) is 28.1 Å². The molecule has 2 nitrogen and oxygen atoms in total. The van der Waals surface area contributed by atoms with Gasteiger partial charge in [-0.15, -0.1) is 0 Å². The third kappa shape index (κ3) is 3.14. The van der Waals surface area contributed by atoms with E-state index in [4.69, 9.17) is 10.3 Å². The van der Waals surface area contributed by atoms with Crippen molar-refractivity contribution in [3.05, 3.63) is 0 Å². The first-order chi connectivity index (χ1) is 4.26. The molecule has 0 saturated heterocycles. The molecule has 0 rings (SSSR count). The fourth-order valence-electron chi connectivity index (χ4n) is 0.763. The van der Waals surface area contributed by atoms with Crippen LogP contribution < -0.4 is 5.73 Å². The maximum absolute atomic E-state index is 5.70. The van der Waals surface area contributed by atoms with E-state index in [2.05, 4.69) is 23.3 Å². The molecule has 0 aromatic rings. The minimum atomic E-state index is 0. The molecular weight excluding hydrogens is 133 g/mol. The zero-order chi connectivity index (χ0) is 7.28. The average Bonchev–Trinajstić information content (AvgIpc) is 1.90. The maximum Gasteiger partial charge on any atom is 0.0758 e. The van der Waals surface area contributed by atoms with Crippen molar-refractivity contribution in [2.75, 3.05) is 0 Å². The van der Waals surface area contributed by atoms with Gasteiger partial charge in [-0.25, -0.2) is 0 Å². The van der Waals surface area contributed by atoms with Crippen molar-refractivity contribution < 1.29 is 5.95 Å². The quantitative estimate of drug-likeness (QED) is 0.622. The first-order valence-electron chi connectivity index (χ1n) is 3.37. The van der Waals surface area contributed by atoms with Crippen molar-refractivity contribution in [2.24, 2.45) is 5.73 Å². The van der Waals surface area contributed by atoms with Gasteiger partial charge in [0.2, 0.25) is 0 Å². The van der Waals surface area contributed by atoms with Crippen molar-refractivity contribution in [3.8, 4) is 0 Å². The Hall–Kier alpha value is 0.350. The van der Waals surface area contributed by atoms with Gasteiger partial charge in [0.1, 0.15) is 0 Å². The Morgan fingerprint density at radius 3 is 2.22 bits per heavy atom. The summed E-state index contributed by atoms with van der Waals surface area (Å²) in [5.41, 5.74) is 5.70. The fraction of sp³-hybridized carbons (Fsp3) is 1.00. The Kier molecular flexibility index (Phi) is 5.36. The van der Waals surface area contributed by atoms with Gasteiger partial charge in [-0.2, -0.15) is 0 Å². The molecule has 0 spiro atoms. The summed E-state index contributed by atoms with van der Waals surface area (Å²) in [6.45, 7) is 4.14. The van der Waals surface area contributed by atoms with E-state index in [1.54, 1.807) is 0 Å². The molecule has 3 atom stereocenters. The Morgan fingerprint density at radius 1 is 1.56 bits per heavy atom. The summed E-state index contributed by atoms with van der Waals surface area (Å²) in [7, 11) is 2.26. The molecule has 0 aromatic carbocycles. The smallest absolute Gasteiger partial charge is 0.0758 e. The van der Waals surface area contributed by atoms with Crippen LogP contribution in [0.4, 0.5) is 0 Å². The van der Waals surface area contributed by atoms with Crippen LogP contribution in [0.5, 0.6) is 0 Å². The van der Waals surface area contributed by atoms with E-state index in [1.807, 2.05) is 0 Å². The summed E-state index contributed by atoms with van der Waals surface area (Å²) >= 11 is 0. The number of rotatable bonds is 4. The largest absolute Gasteiger partial charge is 0.361 e. The van der Waals surface area contributed by atoms with Gasteiger partial charge in [0.05, 0.1) is 6.10 Å². The molecule has 0 amide bonds. The number of nitrogens with two attached hydrogens (primary N) is 1. The molecule has 9 heavy (non-hydrogen) atoms. The van der Waals surface area contributed by atoms with Gasteiger partial charge in [0.15, 0.2) is 0 Å². The standard InChI is InChI=1S/C6H16NOP.H2/c1-3-5(7)6(4-2)8-9;/h5-6H,3-4,7,9H2,1-2H3;1H/t5-,6?;/m0./s1/i;1+2. The first-order valence-corrected chi connectivity index (χ1v) is 3.84. The molecule has 0 bridgehead atoms. The van der Waals surface area contributed by atoms with Crippen molar-refractivity contribution >= 4 is 9.47 Å². The third-order valence-corrected chi connectivity index (χ3v) is 1.88. The van der Waals surface area contributed by atoms with Gasteiger partial charge in [0, 0.05) is 16.9 Å². The maximum atomic E-state index is 5.70. The molecule has 2 unspecified atom stereocenters. The normalized spacial score (nSPS) is 17.3. The summed E-state index contributed by atoms with van der Waals surface area (Å²) in [6, 6.07) is 0.187. The van der Waals surface area contributed by atoms with Crippen LogP contribution in [-0.4, -0.2) is 12.1 Å². The second-order valence-electron chi connectivity index (χ2n) is 2.15. The summed E-state index contributed by atoms with van der Waals surface area (Å²) < 4.78 is 5.04. The highest BCUT2D eigenvalue weighted by Gasteiger charge is 2.11. The lowest BCUT2D eigenvalue weighted by Gasteiger charge is -2.18. The molecule has 0 aliphatic carbocycles. The lowest BCUT2D eigenvalue weighted by atomic mass is 10.1. The van der Waals surface area contributed by atoms with Gasteiger partial charge in [-0.05, 0) is 12.8 Å². The lowest BCUT2D eigenvalue weighted by molar-refractivity contribution is 0.195. The molecular formula is C6H18NOP. The van der Waals surface area contributed by atoms with Crippen molar-refractivity contribution in [2.45, 2.75) is 38.8 Å². The molecule has 0 aliphatic heterocycles. The van der Waals surface area contributed by atoms with Crippen LogP contribution in [0.25, 0.3) is 0 Å². The molecule has 0 saturated carbocycles. The highest BCUT2D eigenvalue weighted by molar-refractivity contribution is 7.09. The zero-order valence-corrected chi connectivity index (χ0v) is 7.29. The van der Waals surface area contributed by atoms with E-state index < -0.39 is 0 Å².